The van der Waals surface area contributed by atoms with Gasteiger partial charge in [-0.1, -0.05) is 0 Å². The summed E-state index contributed by atoms with van der Waals surface area (Å²) in [7, 11) is 0. The first-order chi connectivity index (χ1) is 5.79. The van der Waals surface area contributed by atoms with Gasteiger partial charge in [-0.15, -0.1) is 0 Å². The lowest BCUT2D eigenvalue weighted by Gasteiger charge is -1.88. The summed E-state index contributed by atoms with van der Waals surface area (Å²) in [6.07, 6.45) is 4.48. The molecule has 5 heteroatoms. The number of aromatic nitrogens is 3. The van der Waals surface area contributed by atoms with Gasteiger partial charge in [0.05, 0.1) is 12.6 Å². The van der Waals surface area contributed by atoms with Crippen LogP contribution in [0.15, 0.2) is 18.5 Å². The molecule has 0 bridgehead atoms. The van der Waals surface area contributed by atoms with Crippen molar-refractivity contribution in [2.75, 3.05) is 0 Å². The molecule has 0 aromatic carbocycles. The van der Waals surface area contributed by atoms with E-state index in [0.29, 0.717) is 6.37 Å². The Morgan fingerprint density at radius 3 is 3.08 bits per heavy atom. The van der Waals surface area contributed by atoms with Crippen LogP contribution in [-0.2, 0) is 0 Å². The van der Waals surface area contributed by atoms with E-state index in [1.807, 2.05) is 23.8 Å². The van der Waals surface area contributed by atoms with Gasteiger partial charge in [0.25, 0.3) is 0 Å². The Bertz CT molecular complexity index is 412. The zero-order chi connectivity index (χ0) is 8.55. The van der Waals surface area contributed by atoms with Gasteiger partial charge in [-0.2, -0.15) is 5.10 Å². The summed E-state index contributed by atoms with van der Waals surface area (Å²) in [4.78, 5) is 4.27. The van der Waals surface area contributed by atoms with Crippen molar-refractivity contribution in [3.63, 3.8) is 0 Å². The molecular weight excluding hydrogens is 284 g/mol. The van der Waals surface area contributed by atoms with Crippen LogP contribution in [0, 0.1) is 6.92 Å². The van der Waals surface area contributed by atoms with E-state index < -0.39 is 0 Å². The van der Waals surface area contributed by atoms with E-state index in [1.54, 1.807) is 0 Å². The van der Waals surface area contributed by atoms with E-state index in [-0.39, 0.29) is 0 Å². The maximum absolute atomic E-state index is 4.35. The zero-order valence-corrected chi connectivity index (χ0v) is 9.61. The molecular formula is C7H7IN3P. The Balaban J connectivity index is 2.67. The molecule has 12 heavy (non-hydrogen) atoms. The minimum absolute atomic E-state index is 0.646. The number of fused-ring (bicyclic) bond motifs is 1. The van der Waals surface area contributed by atoms with Crippen LogP contribution in [0.25, 0.3) is 11.0 Å². The molecule has 0 saturated carbocycles. The highest BCUT2D eigenvalue weighted by Crippen LogP contribution is 2.24. The summed E-state index contributed by atoms with van der Waals surface area (Å²) in [6.45, 7) is 2.03. The zero-order valence-electron chi connectivity index (χ0n) is 6.45. The topological polar surface area (TPSA) is 30.7 Å². The second kappa shape index (κ2) is 3.26. The van der Waals surface area contributed by atoms with E-state index in [4.69, 9.17) is 0 Å². The standard InChI is InChI=1S/C7H7IN3P/c1-5-2-6-7(9-3-5)4-11(10-6)12-8/h2-4,12H,1H3. The highest BCUT2D eigenvalue weighted by molar-refractivity contribution is 14.2. The van der Waals surface area contributed by atoms with Gasteiger partial charge in [0.1, 0.15) is 11.0 Å². The highest BCUT2D eigenvalue weighted by Gasteiger charge is 1.99. The molecule has 0 spiro atoms. The number of hydrogen-bond donors (Lipinski definition) is 0. The Morgan fingerprint density at radius 2 is 2.33 bits per heavy atom. The maximum Gasteiger partial charge on any atom is 0.111 e. The molecule has 0 N–H and O–H groups in total. The summed E-state index contributed by atoms with van der Waals surface area (Å²) in [5, 5.41) is 4.35. The van der Waals surface area contributed by atoms with Crippen LogP contribution in [0.1, 0.15) is 5.56 Å². The Morgan fingerprint density at radius 1 is 1.50 bits per heavy atom. The van der Waals surface area contributed by atoms with Gasteiger partial charge in [-0.05, 0) is 40.6 Å². The van der Waals surface area contributed by atoms with Crippen LogP contribution < -0.4 is 0 Å². The van der Waals surface area contributed by atoms with Crippen LogP contribution >= 0.6 is 28.4 Å². The monoisotopic (exact) mass is 291 g/mol. The number of aryl methyl sites for hydroxylation is 1. The van der Waals surface area contributed by atoms with Crippen molar-refractivity contribution < 1.29 is 0 Å². The van der Waals surface area contributed by atoms with Gasteiger partial charge in [0, 0.05) is 6.20 Å². The Hall–Kier alpha value is -0.220. The van der Waals surface area contributed by atoms with Gasteiger partial charge < -0.3 is 0 Å². The normalized spacial score (nSPS) is 11.8. The van der Waals surface area contributed by atoms with Gasteiger partial charge in [-0.25, -0.2) is 4.45 Å². The molecule has 0 amide bonds. The maximum atomic E-state index is 4.35. The predicted molar refractivity (Wildman–Crippen MR) is 60.0 cm³/mol. The number of nitrogens with zero attached hydrogens (tertiary/aromatic N) is 3. The average Bonchev–Trinajstić information content (AvgIpc) is 2.46. The minimum Gasteiger partial charge on any atom is -0.253 e. The second-order valence-electron chi connectivity index (χ2n) is 2.58. The fraction of sp³-hybridized carbons (Fsp3) is 0.143. The van der Waals surface area contributed by atoms with Crippen molar-refractivity contribution in [3.8, 4) is 0 Å². The van der Waals surface area contributed by atoms with Crippen molar-refractivity contribution in [1.82, 2.24) is 14.5 Å². The van der Waals surface area contributed by atoms with E-state index in [0.717, 1.165) is 16.6 Å². The van der Waals surface area contributed by atoms with Crippen molar-refractivity contribution >= 4 is 39.4 Å². The molecule has 0 aliphatic heterocycles. The summed E-state index contributed by atoms with van der Waals surface area (Å²) in [5.41, 5.74) is 3.12. The number of pyridine rings is 1. The molecule has 0 radical (unpaired) electrons. The molecule has 0 aliphatic rings. The third-order valence-corrected chi connectivity index (χ3v) is 3.47. The molecule has 62 valence electrons. The third-order valence-electron chi connectivity index (χ3n) is 1.58. The highest BCUT2D eigenvalue weighted by atomic mass is 127. The summed E-state index contributed by atoms with van der Waals surface area (Å²) >= 11 is 2.30. The SMILES string of the molecule is Cc1cnc2cn(PI)nc2c1. The van der Waals surface area contributed by atoms with Gasteiger partial charge in [0.15, 0.2) is 0 Å². The van der Waals surface area contributed by atoms with E-state index in [9.17, 15) is 0 Å². The predicted octanol–water partition coefficient (Wildman–Crippen LogP) is 2.53. The average molecular weight is 291 g/mol. The molecule has 2 aromatic rings. The minimum atomic E-state index is 0.646. The molecule has 0 fully saturated rings. The van der Waals surface area contributed by atoms with Crippen LogP contribution in [0.3, 0.4) is 0 Å². The van der Waals surface area contributed by atoms with Gasteiger partial charge >= 0.3 is 0 Å². The van der Waals surface area contributed by atoms with Crippen molar-refractivity contribution in [3.05, 3.63) is 24.0 Å². The quantitative estimate of drug-likeness (QED) is 0.597. The fourth-order valence-electron chi connectivity index (χ4n) is 1.05. The van der Waals surface area contributed by atoms with Crippen LogP contribution in [0.2, 0.25) is 0 Å². The summed E-state index contributed by atoms with van der Waals surface area (Å²) < 4.78 is 1.91. The smallest absolute Gasteiger partial charge is 0.111 e. The lowest BCUT2D eigenvalue weighted by atomic mass is 10.3. The molecule has 0 saturated heterocycles. The molecule has 2 heterocycles. The second-order valence-corrected chi connectivity index (χ2v) is 4.65. The van der Waals surface area contributed by atoms with Crippen LogP contribution in [0.5, 0.6) is 0 Å². The number of hydrogen-bond acceptors (Lipinski definition) is 2. The Kier molecular flexibility index (Phi) is 2.28. The Labute approximate surface area is 84.9 Å². The first-order valence-corrected chi connectivity index (χ1v) is 7.54. The first-order valence-electron chi connectivity index (χ1n) is 3.48. The van der Waals surface area contributed by atoms with Gasteiger partial charge in [-0.3, -0.25) is 4.98 Å². The van der Waals surface area contributed by atoms with Crippen molar-refractivity contribution in [1.29, 1.82) is 0 Å². The first kappa shape index (κ1) is 8.38. The van der Waals surface area contributed by atoms with Gasteiger partial charge in [0.2, 0.25) is 0 Å². The lowest BCUT2D eigenvalue weighted by Crippen LogP contribution is -1.78. The lowest BCUT2D eigenvalue weighted by molar-refractivity contribution is 1.03. The largest absolute Gasteiger partial charge is 0.253 e. The summed E-state index contributed by atoms with van der Waals surface area (Å²) in [5.74, 6) is 0. The molecule has 1 unspecified atom stereocenters. The van der Waals surface area contributed by atoms with Crippen LogP contribution in [0.4, 0.5) is 0 Å². The molecule has 3 nitrogen and oxygen atoms in total. The summed E-state index contributed by atoms with van der Waals surface area (Å²) in [6, 6.07) is 2.05. The van der Waals surface area contributed by atoms with Crippen molar-refractivity contribution in [2.45, 2.75) is 6.92 Å². The molecule has 0 aliphatic carbocycles. The number of halogens is 1. The van der Waals surface area contributed by atoms with E-state index in [1.165, 1.54) is 0 Å². The van der Waals surface area contributed by atoms with E-state index >= 15 is 0 Å². The molecule has 2 aromatic heterocycles. The number of rotatable bonds is 1. The van der Waals surface area contributed by atoms with E-state index in [2.05, 4.69) is 38.2 Å². The van der Waals surface area contributed by atoms with Crippen molar-refractivity contribution in [2.24, 2.45) is 0 Å². The molecule has 2 rings (SSSR count). The molecule has 1 atom stereocenters. The third kappa shape index (κ3) is 1.45. The fourth-order valence-corrected chi connectivity index (χ4v) is 2.11. The van der Waals surface area contributed by atoms with Crippen LogP contribution in [-0.4, -0.2) is 14.5 Å².